The Balaban J connectivity index is 3.52. The van der Waals surface area contributed by atoms with Crippen LogP contribution in [0.3, 0.4) is 0 Å². The van der Waals surface area contributed by atoms with E-state index in [0.29, 0.717) is 6.42 Å². The number of carbonyl (C=O) groups is 2. The molecule has 0 saturated heterocycles. The van der Waals surface area contributed by atoms with E-state index in [0.717, 1.165) is 57.8 Å². The van der Waals surface area contributed by atoms with E-state index in [1.807, 2.05) is 0 Å². The van der Waals surface area contributed by atoms with Crippen LogP contribution in [-0.2, 0) is 27.9 Å². The molecule has 0 rings (SSSR count). The number of phosphoric acid groups is 1. The second-order valence-electron chi connectivity index (χ2n) is 17.1. The summed E-state index contributed by atoms with van der Waals surface area (Å²) >= 11 is 0. The Labute approximate surface area is 364 Å². The van der Waals surface area contributed by atoms with Gasteiger partial charge in [-0.25, -0.2) is 4.57 Å². The van der Waals surface area contributed by atoms with Crippen LogP contribution in [0.2, 0.25) is 0 Å². The number of nitrogens with one attached hydrogen (secondary N) is 1. The first-order chi connectivity index (χ1) is 28.8. The molecule has 0 spiro atoms. The van der Waals surface area contributed by atoms with Gasteiger partial charge in [0, 0.05) is 19.4 Å². The fourth-order valence-corrected chi connectivity index (χ4v) is 8.13. The molecule has 9 nitrogen and oxygen atoms in total. The lowest BCUT2D eigenvalue weighted by molar-refractivity contribution is -0.147. The molecule has 0 fully saturated rings. The highest BCUT2D eigenvalue weighted by Gasteiger charge is 2.23. The van der Waals surface area contributed by atoms with Gasteiger partial charge in [-0.1, -0.05) is 219 Å². The number of ether oxygens (including phenoxy) is 1. The molecule has 0 radical (unpaired) electrons. The van der Waals surface area contributed by atoms with E-state index in [1.165, 1.54) is 173 Å². The van der Waals surface area contributed by atoms with Crippen molar-refractivity contribution >= 4 is 19.7 Å². The van der Waals surface area contributed by atoms with Gasteiger partial charge in [-0.3, -0.25) is 18.6 Å². The van der Waals surface area contributed by atoms with Crippen molar-refractivity contribution in [1.82, 2.24) is 5.32 Å². The highest BCUT2D eigenvalue weighted by molar-refractivity contribution is 7.47. The molecule has 0 heterocycles. The summed E-state index contributed by atoms with van der Waals surface area (Å²) in [6.45, 7) is 3.59. The summed E-state index contributed by atoms with van der Waals surface area (Å²) in [5.74, 6) is -0.512. The molecule has 0 aliphatic carbocycles. The van der Waals surface area contributed by atoms with E-state index >= 15 is 0 Å². The number of amides is 1. The zero-order chi connectivity index (χ0) is 43.2. The Kier molecular flexibility index (Phi) is 45.3. The third-order valence-corrected chi connectivity index (χ3v) is 12.2. The molecule has 0 aliphatic rings. The summed E-state index contributed by atoms with van der Waals surface area (Å²) < 4.78 is 27.0. The molecule has 0 bridgehead atoms. The number of phosphoric ester groups is 1. The molecule has 0 saturated carbocycles. The zero-order valence-corrected chi connectivity index (χ0v) is 39.6. The van der Waals surface area contributed by atoms with Crippen molar-refractivity contribution in [3.63, 3.8) is 0 Å². The molecule has 10 heteroatoms. The van der Waals surface area contributed by atoms with Crippen molar-refractivity contribution in [1.29, 1.82) is 0 Å². The second kappa shape index (κ2) is 46.3. The van der Waals surface area contributed by atoms with Gasteiger partial charge in [-0.15, -0.1) is 0 Å². The molecule has 0 aromatic carbocycles. The van der Waals surface area contributed by atoms with Crippen LogP contribution >= 0.6 is 7.82 Å². The van der Waals surface area contributed by atoms with E-state index in [1.54, 1.807) is 0 Å². The molecular weight excluding hydrogens is 762 g/mol. The van der Waals surface area contributed by atoms with Crippen LogP contribution in [0.5, 0.6) is 0 Å². The lowest BCUT2D eigenvalue weighted by Gasteiger charge is -2.15. The van der Waals surface area contributed by atoms with Crippen LogP contribution in [0, 0.1) is 0 Å². The number of aliphatic hydroxyl groups is 1. The lowest BCUT2D eigenvalue weighted by atomic mass is 10.0. The minimum atomic E-state index is -4.42. The van der Waals surface area contributed by atoms with Gasteiger partial charge >= 0.3 is 13.8 Å². The molecule has 0 aliphatic heterocycles. The number of hydrogen-bond donors (Lipinski definition) is 3. The molecule has 59 heavy (non-hydrogen) atoms. The van der Waals surface area contributed by atoms with E-state index in [-0.39, 0.29) is 32.1 Å². The Hall–Kier alpha value is -1.25. The first-order valence-electron chi connectivity index (χ1n) is 25.2. The SMILES string of the molecule is CCCCCCCCC/C=C\CCCCCCCC(=O)OCC(O)COP(=O)(O)OCCNC(=O)CCCCCCCCCCCCCCCCCCCCCCCC. The van der Waals surface area contributed by atoms with Gasteiger partial charge in [0.2, 0.25) is 5.91 Å². The normalized spacial score (nSPS) is 13.2. The van der Waals surface area contributed by atoms with Crippen LogP contribution in [0.25, 0.3) is 0 Å². The number of rotatable bonds is 48. The Morgan fingerprint density at radius 3 is 1.27 bits per heavy atom. The smallest absolute Gasteiger partial charge is 0.463 e. The first kappa shape index (κ1) is 57.8. The van der Waals surface area contributed by atoms with Gasteiger partial charge in [-0.2, -0.15) is 0 Å². The first-order valence-corrected chi connectivity index (χ1v) is 26.7. The third-order valence-electron chi connectivity index (χ3n) is 11.2. The number of hydrogen-bond acceptors (Lipinski definition) is 7. The van der Waals surface area contributed by atoms with E-state index in [9.17, 15) is 24.2 Å². The van der Waals surface area contributed by atoms with E-state index in [4.69, 9.17) is 13.8 Å². The predicted octanol–water partition coefficient (Wildman–Crippen LogP) is 14.6. The maximum atomic E-state index is 12.1. The van der Waals surface area contributed by atoms with Crippen LogP contribution in [0.15, 0.2) is 12.2 Å². The summed E-state index contributed by atoms with van der Waals surface area (Å²) in [6, 6.07) is 0. The molecule has 0 aromatic rings. The number of allylic oxidation sites excluding steroid dienone is 2. The molecule has 3 N–H and O–H groups in total. The van der Waals surface area contributed by atoms with Crippen molar-refractivity contribution in [2.45, 2.75) is 264 Å². The maximum Gasteiger partial charge on any atom is 0.472 e. The summed E-state index contributed by atoms with van der Waals surface area (Å²) in [5.41, 5.74) is 0. The standard InChI is InChI=1S/C49H96NO8P/c1-3-5-7-9-11-13-15-17-19-21-22-23-24-25-26-27-29-31-33-35-37-39-41-48(52)50-43-44-57-59(54,55)58-46-47(51)45-56-49(53)42-40-38-36-34-32-30-28-20-18-16-14-12-10-8-6-4-2/h20,28,47,51H,3-19,21-27,29-46H2,1-2H3,(H,50,52)(H,54,55)/b28-20-. The number of carbonyl (C=O) groups excluding carboxylic acids is 2. The average Bonchev–Trinajstić information content (AvgIpc) is 3.22. The number of esters is 1. The van der Waals surface area contributed by atoms with Gasteiger partial charge in [-0.05, 0) is 38.5 Å². The van der Waals surface area contributed by atoms with Gasteiger partial charge in [0.1, 0.15) is 12.7 Å². The quantitative estimate of drug-likeness (QED) is 0.0239. The van der Waals surface area contributed by atoms with Crippen molar-refractivity contribution in [3.05, 3.63) is 12.2 Å². The second-order valence-corrected chi connectivity index (χ2v) is 18.6. The lowest BCUT2D eigenvalue weighted by Crippen LogP contribution is -2.27. The molecule has 1 amide bonds. The van der Waals surface area contributed by atoms with Crippen LogP contribution < -0.4 is 5.32 Å². The third kappa shape index (κ3) is 47.6. The molecule has 2 unspecified atom stereocenters. The fraction of sp³-hybridized carbons (Fsp3) is 0.918. The summed E-state index contributed by atoms with van der Waals surface area (Å²) in [4.78, 5) is 34.0. The highest BCUT2D eigenvalue weighted by atomic mass is 31.2. The van der Waals surface area contributed by atoms with Gasteiger partial charge in [0.25, 0.3) is 0 Å². The van der Waals surface area contributed by atoms with Crippen molar-refractivity contribution in [2.75, 3.05) is 26.4 Å². The van der Waals surface area contributed by atoms with Crippen molar-refractivity contribution in [2.24, 2.45) is 0 Å². The Morgan fingerprint density at radius 1 is 0.508 bits per heavy atom. The number of unbranched alkanes of at least 4 members (excludes halogenated alkanes) is 33. The van der Waals surface area contributed by atoms with E-state index < -0.39 is 26.5 Å². The predicted molar refractivity (Wildman–Crippen MR) is 248 cm³/mol. The minimum absolute atomic E-state index is 0.0859. The van der Waals surface area contributed by atoms with Crippen molar-refractivity contribution in [3.8, 4) is 0 Å². The zero-order valence-electron chi connectivity index (χ0n) is 38.7. The molecule has 350 valence electrons. The van der Waals surface area contributed by atoms with Crippen LogP contribution in [0.1, 0.15) is 258 Å². The van der Waals surface area contributed by atoms with Crippen LogP contribution in [-0.4, -0.2) is 54.3 Å². The minimum Gasteiger partial charge on any atom is -0.463 e. The molecule has 2 atom stereocenters. The monoisotopic (exact) mass is 858 g/mol. The topological polar surface area (TPSA) is 131 Å². The van der Waals surface area contributed by atoms with E-state index in [2.05, 4.69) is 31.3 Å². The average molecular weight is 858 g/mol. The number of aliphatic hydroxyl groups excluding tert-OH is 1. The van der Waals surface area contributed by atoms with Gasteiger partial charge in [0.15, 0.2) is 0 Å². The summed E-state index contributed by atoms with van der Waals surface area (Å²) in [7, 11) is -4.42. The van der Waals surface area contributed by atoms with Gasteiger partial charge < -0.3 is 20.1 Å². The summed E-state index contributed by atoms with van der Waals surface area (Å²) in [6.07, 6.45) is 50.1. The Bertz CT molecular complexity index is 980. The maximum absolute atomic E-state index is 12.1. The largest absolute Gasteiger partial charge is 0.472 e. The van der Waals surface area contributed by atoms with Crippen LogP contribution in [0.4, 0.5) is 0 Å². The fourth-order valence-electron chi connectivity index (χ4n) is 7.38. The molecular formula is C49H96NO8P. The Morgan fingerprint density at radius 2 is 0.864 bits per heavy atom. The van der Waals surface area contributed by atoms with Gasteiger partial charge in [0.05, 0.1) is 13.2 Å². The van der Waals surface area contributed by atoms with Crippen molar-refractivity contribution < 1.29 is 37.9 Å². The highest BCUT2D eigenvalue weighted by Crippen LogP contribution is 2.42. The summed E-state index contributed by atoms with van der Waals surface area (Å²) in [5, 5.41) is 12.7. The molecule has 0 aromatic heterocycles.